The Morgan fingerprint density at radius 1 is 1.05 bits per heavy atom. The second-order valence-electron chi connectivity index (χ2n) is 4.96. The van der Waals surface area contributed by atoms with Crippen molar-refractivity contribution in [3.8, 4) is 17.3 Å². The molecule has 0 unspecified atom stereocenters. The summed E-state index contributed by atoms with van der Waals surface area (Å²) in [6.07, 6.45) is 3.86. The third-order valence-electron chi connectivity index (χ3n) is 3.68. The summed E-state index contributed by atoms with van der Waals surface area (Å²) in [6.45, 7) is 2.99. The van der Waals surface area contributed by atoms with Gasteiger partial charge in [-0.05, 0) is 18.2 Å². The van der Waals surface area contributed by atoms with Crippen LogP contribution in [-0.2, 0) is 0 Å². The quantitative estimate of drug-likeness (QED) is 0.794. The van der Waals surface area contributed by atoms with Crippen LogP contribution < -0.4 is 4.90 Å². The second-order valence-corrected chi connectivity index (χ2v) is 4.96. The number of benzene rings is 1. The Bertz CT molecular complexity index is 655. The van der Waals surface area contributed by atoms with Crippen LogP contribution in [0.3, 0.4) is 0 Å². The van der Waals surface area contributed by atoms with Gasteiger partial charge in [0.25, 0.3) is 0 Å². The SMILES string of the molecule is N#CN1CCN(c2ccc(-c3ccccc3F)cn2)CC1. The highest BCUT2D eigenvalue weighted by atomic mass is 19.1. The Labute approximate surface area is 123 Å². The van der Waals surface area contributed by atoms with Gasteiger partial charge in [-0.15, -0.1) is 0 Å². The first-order chi connectivity index (χ1) is 10.3. The summed E-state index contributed by atoms with van der Waals surface area (Å²) >= 11 is 0. The number of nitrogens with zero attached hydrogens (tertiary/aromatic N) is 4. The van der Waals surface area contributed by atoms with Crippen LogP contribution >= 0.6 is 0 Å². The number of piperazine rings is 1. The van der Waals surface area contributed by atoms with Gasteiger partial charge in [-0.2, -0.15) is 5.26 Å². The highest BCUT2D eigenvalue weighted by Gasteiger charge is 2.16. The van der Waals surface area contributed by atoms with Crippen molar-refractivity contribution >= 4 is 5.82 Å². The summed E-state index contributed by atoms with van der Waals surface area (Å²) in [5, 5.41) is 8.84. The minimum Gasteiger partial charge on any atom is -0.353 e. The first-order valence-corrected chi connectivity index (χ1v) is 6.88. The number of rotatable bonds is 2. The summed E-state index contributed by atoms with van der Waals surface area (Å²) in [5.41, 5.74) is 1.33. The van der Waals surface area contributed by atoms with Crippen LogP contribution in [0.2, 0.25) is 0 Å². The van der Waals surface area contributed by atoms with Gasteiger partial charge in [0.15, 0.2) is 6.19 Å². The summed E-state index contributed by atoms with van der Waals surface area (Å²) in [6, 6.07) is 10.5. The monoisotopic (exact) mass is 282 g/mol. The maximum atomic E-state index is 13.7. The van der Waals surface area contributed by atoms with Crippen molar-refractivity contribution in [1.82, 2.24) is 9.88 Å². The Morgan fingerprint density at radius 2 is 1.81 bits per heavy atom. The summed E-state index contributed by atoms with van der Waals surface area (Å²) in [5.74, 6) is 0.627. The molecule has 1 aliphatic rings. The third kappa shape index (κ3) is 2.79. The first-order valence-electron chi connectivity index (χ1n) is 6.88. The highest BCUT2D eigenvalue weighted by molar-refractivity contribution is 5.64. The lowest BCUT2D eigenvalue weighted by Crippen LogP contribution is -2.44. The lowest BCUT2D eigenvalue weighted by atomic mass is 10.1. The van der Waals surface area contributed by atoms with Crippen molar-refractivity contribution in [2.45, 2.75) is 0 Å². The molecule has 1 fully saturated rings. The van der Waals surface area contributed by atoms with E-state index in [0.717, 1.165) is 24.5 Å². The van der Waals surface area contributed by atoms with Crippen molar-refractivity contribution in [3.63, 3.8) is 0 Å². The molecule has 0 amide bonds. The van der Waals surface area contributed by atoms with Crippen LogP contribution in [-0.4, -0.2) is 36.1 Å². The smallest absolute Gasteiger partial charge is 0.179 e. The highest BCUT2D eigenvalue weighted by Crippen LogP contribution is 2.23. The van der Waals surface area contributed by atoms with Gasteiger partial charge >= 0.3 is 0 Å². The Balaban J connectivity index is 1.76. The van der Waals surface area contributed by atoms with Crippen LogP contribution in [0.5, 0.6) is 0 Å². The molecule has 0 atom stereocenters. The van der Waals surface area contributed by atoms with E-state index >= 15 is 0 Å². The van der Waals surface area contributed by atoms with Crippen LogP contribution in [0.25, 0.3) is 11.1 Å². The summed E-state index contributed by atoms with van der Waals surface area (Å²) < 4.78 is 13.7. The fraction of sp³-hybridized carbons (Fsp3) is 0.250. The summed E-state index contributed by atoms with van der Waals surface area (Å²) in [7, 11) is 0. The molecule has 0 radical (unpaired) electrons. The molecule has 5 heteroatoms. The lowest BCUT2D eigenvalue weighted by molar-refractivity contribution is 0.362. The van der Waals surface area contributed by atoms with Crippen molar-refractivity contribution < 1.29 is 4.39 Å². The topological polar surface area (TPSA) is 43.2 Å². The van der Waals surface area contributed by atoms with Crippen molar-refractivity contribution in [1.29, 1.82) is 5.26 Å². The molecule has 21 heavy (non-hydrogen) atoms. The Hall–Kier alpha value is -2.61. The molecule has 1 aliphatic heterocycles. The molecule has 1 aromatic carbocycles. The van der Waals surface area contributed by atoms with Gasteiger partial charge in [-0.3, -0.25) is 0 Å². The molecule has 4 nitrogen and oxygen atoms in total. The Morgan fingerprint density at radius 3 is 2.43 bits per heavy atom. The zero-order chi connectivity index (χ0) is 14.7. The van der Waals surface area contributed by atoms with Crippen LogP contribution in [0.15, 0.2) is 42.6 Å². The number of hydrogen-bond donors (Lipinski definition) is 0. The zero-order valence-electron chi connectivity index (χ0n) is 11.5. The minimum absolute atomic E-state index is 0.241. The number of aromatic nitrogens is 1. The van der Waals surface area contributed by atoms with E-state index in [1.165, 1.54) is 6.07 Å². The molecule has 1 saturated heterocycles. The van der Waals surface area contributed by atoms with E-state index in [1.54, 1.807) is 23.2 Å². The first kappa shape index (κ1) is 13.4. The number of nitriles is 1. The van der Waals surface area contributed by atoms with Crippen LogP contribution in [0, 0.1) is 17.3 Å². The van der Waals surface area contributed by atoms with Gasteiger partial charge in [0.05, 0.1) is 0 Å². The summed E-state index contributed by atoms with van der Waals surface area (Å²) in [4.78, 5) is 8.31. The molecular weight excluding hydrogens is 267 g/mol. The zero-order valence-corrected chi connectivity index (χ0v) is 11.5. The average molecular weight is 282 g/mol. The molecule has 0 bridgehead atoms. The minimum atomic E-state index is -0.241. The van der Waals surface area contributed by atoms with Crippen LogP contribution in [0.1, 0.15) is 0 Å². The third-order valence-corrected chi connectivity index (χ3v) is 3.68. The van der Waals surface area contributed by atoms with E-state index in [1.807, 2.05) is 18.2 Å². The van der Waals surface area contributed by atoms with Crippen molar-refractivity contribution in [2.75, 3.05) is 31.1 Å². The number of halogens is 1. The maximum absolute atomic E-state index is 13.7. The van der Waals surface area contributed by atoms with Gasteiger partial charge in [0, 0.05) is 43.5 Å². The second kappa shape index (κ2) is 5.80. The van der Waals surface area contributed by atoms with E-state index in [-0.39, 0.29) is 5.82 Å². The van der Waals surface area contributed by atoms with E-state index in [2.05, 4.69) is 16.1 Å². The predicted molar refractivity (Wildman–Crippen MR) is 79.0 cm³/mol. The molecule has 3 rings (SSSR count). The van der Waals surface area contributed by atoms with Gasteiger partial charge in [-0.25, -0.2) is 9.37 Å². The van der Waals surface area contributed by atoms with Crippen LogP contribution in [0.4, 0.5) is 10.2 Å². The van der Waals surface area contributed by atoms with Gasteiger partial charge < -0.3 is 9.80 Å². The molecule has 0 N–H and O–H groups in total. The normalized spacial score (nSPS) is 14.9. The molecular formula is C16H15FN4. The van der Waals surface area contributed by atoms with Gasteiger partial charge in [0.2, 0.25) is 0 Å². The van der Waals surface area contributed by atoms with Gasteiger partial charge in [0.1, 0.15) is 11.6 Å². The standard InChI is InChI=1S/C16H15FN4/c17-15-4-2-1-3-14(15)13-5-6-16(19-11-13)21-9-7-20(12-18)8-10-21/h1-6,11H,7-10H2. The predicted octanol–water partition coefficient (Wildman–Crippen LogP) is 2.49. The largest absolute Gasteiger partial charge is 0.353 e. The lowest BCUT2D eigenvalue weighted by Gasteiger charge is -2.32. The average Bonchev–Trinajstić information content (AvgIpc) is 2.56. The number of pyridine rings is 1. The molecule has 106 valence electrons. The fourth-order valence-electron chi connectivity index (χ4n) is 2.46. The van der Waals surface area contributed by atoms with E-state index in [0.29, 0.717) is 18.7 Å². The molecule has 1 aromatic heterocycles. The van der Waals surface area contributed by atoms with E-state index in [4.69, 9.17) is 5.26 Å². The van der Waals surface area contributed by atoms with Crippen molar-refractivity contribution in [3.05, 3.63) is 48.4 Å². The van der Waals surface area contributed by atoms with Crippen molar-refractivity contribution in [2.24, 2.45) is 0 Å². The van der Waals surface area contributed by atoms with E-state index in [9.17, 15) is 4.39 Å². The van der Waals surface area contributed by atoms with Gasteiger partial charge in [-0.1, -0.05) is 18.2 Å². The molecule has 0 spiro atoms. The number of hydrogen-bond acceptors (Lipinski definition) is 4. The molecule has 0 aliphatic carbocycles. The molecule has 0 saturated carbocycles. The number of anilines is 1. The maximum Gasteiger partial charge on any atom is 0.179 e. The van der Waals surface area contributed by atoms with E-state index < -0.39 is 0 Å². The fourth-order valence-corrected chi connectivity index (χ4v) is 2.46. The molecule has 2 aromatic rings. The molecule has 2 heterocycles. The Kier molecular flexibility index (Phi) is 3.69.